The van der Waals surface area contributed by atoms with Crippen LogP contribution in [0.15, 0.2) is 35.0 Å². The van der Waals surface area contributed by atoms with Crippen molar-refractivity contribution in [3.63, 3.8) is 0 Å². The number of fused-ring (bicyclic) bond motifs is 1. The first kappa shape index (κ1) is 18.9. The molecule has 1 amide bonds. The molecule has 0 bridgehead atoms. The van der Waals surface area contributed by atoms with Crippen LogP contribution in [0.2, 0.25) is 0 Å². The standard InChI is InChI=1S/C22H21N3OS3/c1-13-18-14(2)23-20(15-7-8-15)24-21(18)29-19(13)22(26)25(11-16-5-3-9-27-16)12-17-6-4-10-28-17/h3-6,9-10,15H,7-8,11-12H2,1-2H3. The molecule has 0 radical (unpaired) electrons. The fourth-order valence-corrected chi connectivity index (χ4v) is 6.26. The minimum atomic E-state index is 0.0830. The van der Waals surface area contributed by atoms with Gasteiger partial charge in [0.2, 0.25) is 0 Å². The zero-order valence-electron chi connectivity index (χ0n) is 16.3. The molecule has 0 unspecified atom stereocenters. The van der Waals surface area contributed by atoms with Crippen LogP contribution in [0.4, 0.5) is 0 Å². The number of carbonyl (C=O) groups excluding carboxylic acids is 1. The first-order chi connectivity index (χ1) is 14.1. The van der Waals surface area contributed by atoms with Crippen molar-refractivity contribution in [3.8, 4) is 0 Å². The van der Waals surface area contributed by atoms with E-state index < -0.39 is 0 Å². The SMILES string of the molecule is Cc1nc(C2CC2)nc2sc(C(=O)N(Cc3cccs3)Cc3cccs3)c(C)c12. The average Bonchev–Trinajstić information content (AvgIpc) is 3.06. The maximum Gasteiger partial charge on any atom is 0.264 e. The van der Waals surface area contributed by atoms with Gasteiger partial charge in [-0.2, -0.15) is 0 Å². The Morgan fingerprint density at radius 1 is 1.07 bits per heavy atom. The number of rotatable bonds is 6. The lowest BCUT2D eigenvalue weighted by molar-refractivity contribution is 0.0738. The van der Waals surface area contributed by atoms with Gasteiger partial charge in [0, 0.05) is 21.1 Å². The van der Waals surface area contributed by atoms with E-state index in [4.69, 9.17) is 9.97 Å². The molecule has 1 aliphatic rings. The smallest absolute Gasteiger partial charge is 0.264 e. The molecule has 0 aliphatic heterocycles. The molecule has 4 nitrogen and oxygen atoms in total. The maximum atomic E-state index is 13.6. The molecule has 0 N–H and O–H groups in total. The first-order valence-electron chi connectivity index (χ1n) is 9.72. The summed E-state index contributed by atoms with van der Waals surface area (Å²) in [5, 5.41) is 5.17. The summed E-state index contributed by atoms with van der Waals surface area (Å²) < 4.78 is 0. The van der Waals surface area contributed by atoms with Crippen molar-refractivity contribution in [3.05, 3.63) is 66.7 Å². The van der Waals surface area contributed by atoms with E-state index >= 15 is 0 Å². The fraction of sp³-hybridized carbons (Fsp3) is 0.318. The van der Waals surface area contributed by atoms with Gasteiger partial charge >= 0.3 is 0 Å². The van der Waals surface area contributed by atoms with Crippen LogP contribution in [0.3, 0.4) is 0 Å². The zero-order chi connectivity index (χ0) is 20.0. The number of thiophene rings is 3. The summed E-state index contributed by atoms with van der Waals surface area (Å²) in [5.74, 6) is 1.54. The third kappa shape index (κ3) is 3.74. The molecule has 0 spiro atoms. The fourth-order valence-electron chi connectivity index (χ4n) is 3.61. The Morgan fingerprint density at radius 3 is 2.28 bits per heavy atom. The monoisotopic (exact) mass is 439 g/mol. The van der Waals surface area contributed by atoms with Crippen LogP contribution >= 0.6 is 34.0 Å². The Hall–Kier alpha value is -2.09. The predicted octanol–water partition coefficient (Wildman–Crippen LogP) is 6.15. The highest BCUT2D eigenvalue weighted by Gasteiger charge is 2.29. The molecule has 1 saturated carbocycles. The molecule has 0 aromatic carbocycles. The summed E-state index contributed by atoms with van der Waals surface area (Å²) in [7, 11) is 0. The summed E-state index contributed by atoms with van der Waals surface area (Å²) >= 11 is 4.91. The van der Waals surface area contributed by atoms with Crippen LogP contribution in [0.1, 0.15) is 55.3 Å². The van der Waals surface area contributed by atoms with Crippen LogP contribution in [-0.4, -0.2) is 20.8 Å². The van der Waals surface area contributed by atoms with Crippen LogP contribution in [0.5, 0.6) is 0 Å². The van der Waals surface area contributed by atoms with Gasteiger partial charge in [-0.15, -0.1) is 34.0 Å². The highest BCUT2D eigenvalue weighted by molar-refractivity contribution is 7.20. The molecular weight excluding hydrogens is 418 g/mol. The van der Waals surface area contributed by atoms with Crippen LogP contribution in [-0.2, 0) is 13.1 Å². The number of aryl methyl sites for hydroxylation is 2. The molecule has 1 fully saturated rings. The van der Waals surface area contributed by atoms with Crippen molar-refractivity contribution < 1.29 is 4.79 Å². The minimum Gasteiger partial charge on any atom is -0.328 e. The average molecular weight is 440 g/mol. The lowest BCUT2D eigenvalue weighted by atomic mass is 10.1. The normalized spacial score (nSPS) is 13.9. The molecule has 7 heteroatoms. The van der Waals surface area contributed by atoms with Gasteiger partial charge in [0.1, 0.15) is 10.7 Å². The second-order valence-electron chi connectivity index (χ2n) is 7.50. The molecule has 0 atom stereocenters. The van der Waals surface area contributed by atoms with Crippen molar-refractivity contribution in [2.75, 3.05) is 0 Å². The van der Waals surface area contributed by atoms with Crippen molar-refractivity contribution in [1.29, 1.82) is 0 Å². The second kappa shape index (κ2) is 7.63. The van der Waals surface area contributed by atoms with Gasteiger partial charge in [-0.1, -0.05) is 12.1 Å². The van der Waals surface area contributed by atoms with Gasteiger partial charge in [-0.25, -0.2) is 9.97 Å². The molecule has 4 aromatic rings. The van der Waals surface area contributed by atoms with Crippen molar-refractivity contribution >= 4 is 50.1 Å². The number of amides is 1. The highest BCUT2D eigenvalue weighted by Crippen LogP contribution is 2.40. The Morgan fingerprint density at radius 2 is 1.72 bits per heavy atom. The maximum absolute atomic E-state index is 13.6. The lowest BCUT2D eigenvalue weighted by Crippen LogP contribution is -2.29. The third-order valence-electron chi connectivity index (χ3n) is 5.27. The number of aromatic nitrogens is 2. The predicted molar refractivity (Wildman–Crippen MR) is 121 cm³/mol. The summed E-state index contributed by atoms with van der Waals surface area (Å²) in [5.41, 5.74) is 2.00. The van der Waals surface area contributed by atoms with Gasteiger partial charge in [0.25, 0.3) is 5.91 Å². The second-order valence-corrected chi connectivity index (χ2v) is 10.6. The summed E-state index contributed by atoms with van der Waals surface area (Å²) in [6.07, 6.45) is 2.35. The van der Waals surface area contributed by atoms with Crippen molar-refractivity contribution in [2.45, 2.75) is 45.7 Å². The quantitative estimate of drug-likeness (QED) is 0.362. The molecule has 29 heavy (non-hydrogen) atoms. The highest BCUT2D eigenvalue weighted by atomic mass is 32.1. The van der Waals surface area contributed by atoms with Gasteiger partial charge in [0.05, 0.1) is 23.7 Å². The van der Waals surface area contributed by atoms with E-state index in [-0.39, 0.29) is 5.91 Å². The van der Waals surface area contributed by atoms with E-state index in [1.807, 2.05) is 30.9 Å². The van der Waals surface area contributed by atoms with Gasteiger partial charge in [0.15, 0.2) is 0 Å². The molecule has 4 aromatic heterocycles. The van der Waals surface area contributed by atoms with E-state index in [0.717, 1.165) is 32.2 Å². The van der Waals surface area contributed by atoms with Gasteiger partial charge in [-0.05, 0) is 55.1 Å². The van der Waals surface area contributed by atoms with E-state index in [0.29, 0.717) is 19.0 Å². The Bertz CT molecular complexity index is 1120. The van der Waals surface area contributed by atoms with Crippen molar-refractivity contribution in [1.82, 2.24) is 14.9 Å². The molecule has 148 valence electrons. The van der Waals surface area contributed by atoms with E-state index in [1.165, 1.54) is 33.9 Å². The Labute approximate surface area is 181 Å². The summed E-state index contributed by atoms with van der Waals surface area (Å²) in [4.78, 5) is 29.3. The van der Waals surface area contributed by atoms with Gasteiger partial charge < -0.3 is 4.90 Å². The summed E-state index contributed by atoms with van der Waals surface area (Å²) in [6.45, 7) is 5.33. The van der Waals surface area contributed by atoms with E-state index in [1.54, 1.807) is 22.7 Å². The van der Waals surface area contributed by atoms with Gasteiger partial charge in [-0.3, -0.25) is 4.79 Å². The number of hydrogen-bond acceptors (Lipinski definition) is 6. The largest absolute Gasteiger partial charge is 0.328 e. The van der Waals surface area contributed by atoms with Crippen LogP contribution in [0, 0.1) is 13.8 Å². The summed E-state index contributed by atoms with van der Waals surface area (Å²) in [6, 6.07) is 8.26. The topological polar surface area (TPSA) is 46.1 Å². The Kier molecular flexibility index (Phi) is 4.97. The first-order valence-corrected chi connectivity index (χ1v) is 12.3. The molecule has 5 rings (SSSR count). The molecular formula is C22H21N3OS3. The van der Waals surface area contributed by atoms with Crippen LogP contribution < -0.4 is 0 Å². The lowest BCUT2D eigenvalue weighted by Gasteiger charge is -2.21. The number of nitrogens with zero attached hydrogens (tertiary/aromatic N) is 3. The van der Waals surface area contributed by atoms with E-state index in [2.05, 4.69) is 22.9 Å². The third-order valence-corrected chi connectivity index (χ3v) is 8.16. The van der Waals surface area contributed by atoms with Crippen LogP contribution in [0.25, 0.3) is 10.2 Å². The van der Waals surface area contributed by atoms with Crippen molar-refractivity contribution in [2.24, 2.45) is 0 Å². The molecule has 4 heterocycles. The number of carbonyl (C=O) groups is 1. The Balaban J connectivity index is 1.52. The number of hydrogen-bond donors (Lipinski definition) is 0. The molecule has 1 aliphatic carbocycles. The minimum absolute atomic E-state index is 0.0830. The molecule has 0 saturated heterocycles. The zero-order valence-corrected chi connectivity index (χ0v) is 18.8. The van der Waals surface area contributed by atoms with E-state index in [9.17, 15) is 4.79 Å².